The van der Waals surface area contributed by atoms with Crippen molar-refractivity contribution in [3.63, 3.8) is 0 Å². The van der Waals surface area contributed by atoms with E-state index >= 15 is 0 Å². The first-order valence-electron chi connectivity index (χ1n) is 8.16. The van der Waals surface area contributed by atoms with E-state index in [-0.39, 0.29) is 0 Å². The number of benzene rings is 1. The summed E-state index contributed by atoms with van der Waals surface area (Å²) < 4.78 is 1.05. The molecule has 120 valence electrons. The number of nitrogens with zero attached hydrogens (tertiary/aromatic N) is 3. The Morgan fingerprint density at radius 1 is 1.09 bits per heavy atom. The van der Waals surface area contributed by atoms with Crippen LogP contribution in [0.2, 0.25) is 0 Å². The molecule has 0 saturated carbocycles. The molecule has 2 aliphatic rings. The molecule has 0 atom stereocenters. The Hall–Kier alpha value is -0.780. The lowest BCUT2D eigenvalue weighted by atomic mass is 10.1. The Bertz CT molecular complexity index is 497. The van der Waals surface area contributed by atoms with Gasteiger partial charge in [-0.15, -0.1) is 0 Å². The van der Waals surface area contributed by atoms with Gasteiger partial charge in [-0.05, 0) is 44.0 Å². The van der Waals surface area contributed by atoms with Gasteiger partial charge < -0.3 is 9.80 Å². The van der Waals surface area contributed by atoms with Crippen LogP contribution in [0.25, 0.3) is 0 Å². The molecule has 2 fully saturated rings. The van der Waals surface area contributed by atoms with Crippen LogP contribution < -0.4 is 4.90 Å². The van der Waals surface area contributed by atoms with E-state index in [4.69, 9.17) is 12.2 Å². The van der Waals surface area contributed by atoms with Crippen molar-refractivity contribution in [1.82, 2.24) is 9.80 Å². The van der Waals surface area contributed by atoms with Gasteiger partial charge in [0.2, 0.25) is 0 Å². The maximum absolute atomic E-state index is 5.37. The highest BCUT2D eigenvalue weighted by Crippen LogP contribution is 2.21. The summed E-state index contributed by atoms with van der Waals surface area (Å²) in [6.07, 6.45) is 4.05. The second-order valence-corrected chi connectivity index (χ2v) is 7.98. The van der Waals surface area contributed by atoms with Crippen molar-refractivity contribution in [2.45, 2.75) is 25.8 Å². The molecule has 0 spiro atoms. The molecule has 0 aliphatic carbocycles. The lowest BCUT2D eigenvalue weighted by Crippen LogP contribution is -2.35. The van der Waals surface area contributed by atoms with Crippen LogP contribution in [0, 0.1) is 0 Å². The molecule has 0 unspecified atom stereocenters. The van der Waals surface area contributed by atoms with E-state index < -0.39 is 0 Å². The van der Waals surface area contributed by atoms with Crippen LogP contribution in [-0.2, 0) is 6.54 Å². The van der Waals surface area contributed by atoms with Crippen molar-refractivity contribution < 1.29 is 0 Å². The standard InChI is InChI=1S/C17H25N3S2/c1-18(14-20-11-12-22-17(20)21)13-15-5-7-16(8-6-15)19-9-3-2-4-10-19/h5-8H,2-4,9-14H2,1H3. The van der Waals surface area contributed by atoms with E-state index in [1.54, 1.807) is 11.8 Å². The molecular weight excluding hydrogens is 310 g/mol. The zero-order valence-electron chi connectivity index (χ0n) is 13.3. The number of piperidine rings is 1. The summed E-state index contributed by atoms with van der Waals surface area (Å²) in [4.78, 5) is 7.15. The van der Waals surface area contributed by atoms with Gasteiger partial charge in [-0.1, -0.05) is 36.1 Å². The number of hydrogen-bond acceptors (Lipinski definition) is 4. The summed E-state index contributed by atoms with van der Waals surface area (Å²) in [5.74, 6) is 1.14. The predicted octanol–water partition coefficient (Wildman–Crippen LogP) is 3.40. The summed E-state index contributed by atoms with van der Waals surface area (Å²) in [7, 11) is 2.17. The van der Waals surface area contributed by atoms with Crippen molar-refractivity contribution in [3.05, 3.63) is 29.8 Å². The Kier molecular flexibility index (Phi) is 5.61. The van der Waals surface area contributed by atoms with Gasteiger partial charge in [0.05, 0.1) is 6.67 Å². The van der Waals surface area contributed by atoms with Gasteiger partial charge in [0, 0.05) is 37.6 Å². The fraction of sp³-hybridized carbons (Fsp3) is 0.588. The Labute approximate surface area is 143 Å². The Morgan fingerprint density at radius 3 is 2.45 bits per heavy atom. The van der Waals surface area contributed by atoms with Crippen LogP contribution in [0.3, 0.4) is 0 Å². The Balaban J connectivity index is 1.52. The number of thioether (sulfide) groups is 1. The largest absolute Gasteiger partial charge is 0.372 e. The van der Waals surface area contributed by atoms with Crippen LogP contribution in [0.15, 0.2) is 24.3 Å². The van der Waals surface area contributed by atoms with E-state index in [0.717, 1.165) is 29.8 Å². The molecule has 3 nitrogen and oxygen atoms in total. The van der Waals surface area contributed by atoms with Crippen LogP contribution in [-0.4, -0.2) is 53.2 Å². The molecule has 0 N–H and O–H groups in total. The Morgan fingerprint density at radius 2 is 1.82 bits per heavy atom. The molecule has 22 heavy (non-hydrogen) atoms. The first-order chi connectivity index (χ1) is 10.7. The maximum Gasteiger partial charge on any atom is 0.137 e. The summed E-state index contributed by atoms with van der Waals surface area (Å²) >= 11 is 7.17. The SMILES string of the molecule is CN(Cc1ccc(N2CCCCC2)cc1)CN1CCSC1=S. The highest BCUT2D eigenvalue weighted by atomic mass is 32.2. The van der Waals surface area contributed by atoms with E-state index in [0.29, 0.717) is 0 Å². The molecule has 2 saturated heterocycles. The lowest BCUT2D eigenvalue weighted by Gasteiger charge is -2.29. The molecule has 1 aromatic rings. The first kappa shape index (κ1) is 16.1. The molecule has 0 bridgehead atoms. The van der Waals surface area contributed by atoms with Crippen molar-refractivity contribution in [2.24, 2.45) is 0 Å². The molecule has 1 aromatic carbocycles. The van der Waals surface area contributed by atoms with E-state index in [1.165, 1.54) is 43.6 Å². The van der Waals surface area contributed by atoms with E-state index in [9.17, 15) is 0 Å². The highest BCUT2D eigenvalue weighted by Gasteiger charge is 2.18. The van der Waals surface area contributed by atoms with Gasteiger partial charge >= 0.3 is 0 Å². The molecule has 2 aliphatic heterocycles. The third-order valence-corrected chi connectivity index (χ3v) is 5.87. The van der Waals surface area contributed by atoms with Crippen molar-refractivity contribution >= 4 is 34.0 Å². The fourth-order valence-corrected chi connectivity index (χ4v) is 4.39. The van der Waals surface area contributed by atoms with Gasteiger partial charge in [-0.2, -0.15) is 0 Å². The fourth-order valence-electron chi connectivity index (χ4n) is 3.17. The molecule has 5 heteroatoms. The zero-order valence-corrected chi connectivity index (χ0v) is 15.0. The van der Waals surface area contributed by atoms with Crippen molar-refractivity contribution in [3.8, 4) is 0 Å². The molecule has 0 aromatic heterocycles. The predicted molar refractivity (Wildman–Crippen MR) is 101 cm³/mol. The van der Waals surface area contributed by atoms with Crippen molar-refractivity contribution in [2.75, 3.05) is 44.0 Å². The van der Waals surface area contributed by atoms with Gasteiger partial charge in [0.1, 0.15) is 4.32 Å². The number of thiocarbonyl (C=S) groups is 1. The average Bonchev–Trinajstić information content (AvgIpc) is 2.94. The van der Waals surface area contributed by atoms with Crippen LogP contribution in [0.1, 0.15) is 24.8 Å². The quantitative estimate of drug-likeness (QED) is 0.761. The average molecular weight is 336 g/mol. The first-order valence-corrected chi connectivity index (χ1v) is 9.56. The molecular formula is C17H25N3S2. The molecule has 0 radical (unpaired) electrons. The molecule has 0 amide bonds. The monoisotopic (exact) mass is 335 g/mol. The van der Waals surface area contributed by atoms with E-state index in [2.05, 4.69) is 46.0 Å². The van der Waals surface area contributed by atoms with E-state index in [1.807, 2.05) is 0 Å². The molecule has 2 heterocycles. The third-order valence-electron chi connectivity index (χ3n) is 4.37. The van der Waals surface area contributed by atoms with Crippen molar-refractivity contribution in [1.29, 1.82) is 0 Å². The summed E-state index contributed by atoms with van der Waals surface area (Å²) in [5.41, 5.74) is 2.75. The van der Waals surface area contributed by atoms with Gasteiger partial charge in [-0.3, -0.25) is 4.90 Å². The van der Waals surface area contributed by atoms with Crippen LogP contribution in [0.5, 0.6) is 0 Å². The van der Waals surface area contributed by atoms with Gasteiger partial charge in [0.15, 0.2) is 0 Å². The topological polar surface area (TPSA) is 9.72 Å². The second kappa shape index (κ2) is 7.66. The van der Waals surface area contributed by atoms with Crippen LogP contribution >= 0.6 is 24.0 Å². The summed E-state index contributed by atoms with van der Waals surface area (Å²) in [6, 6.07) is 9.12. The summed E-state index contributed by atoms with van der Waals surface area (Å²) in [5, 5.41) is 0. The van der Waals surface area contributed by atoms with Gasteiger partial charge in [-0.25, -0.2) is 0 Å². The number of hydrogen-bond donors (Lipinski definition) is 0. The number of anilines is 1. The summed E-state index contributed by atoms with van der Waals surface area (Å²) in [6.45, 7) is 5.41. The third kappa shape index (κ3) is 4.15. The smallest absolute Gasteiger partial charge is 0.137 e. The highest BCUT2D eigenvalue weighted by molar-refractivity contribution is 8.23. The minimum Gasteiger partial charge on any atom is -0.372 e. The number of rotatable bonds is 5. The van der Waals surface area contributed by atoms with Crippen LogP contribution in [0.4, 0.5) is 5.69 Å². The zero-order chi connectivity index (χ0) is 15.4. The minimum atomic E-state index is 0.930. The normalized spacial score (nSPS) is 19.3. The van der Waals surface area contributed by atoms with Gasteiger partial charge in [0.25, 0.3) is 0 Å². The second-order valence-electron chi connectivity index (χ2n) is 6.25. The maximum atomic E-state index is 5.37. The minimum absolute atomic E-state index is 0.930. The lowest BCUT2D eigenvalue weighted by molar-refractivity contribution is 0.229. The molecule has 3 rings (SSSR count).